The van der Waals surface area contributed by atoms with Crippen LogP contribution in [0.2, 0.25) is 0 Å². The summed E-state index contributed by atoms with van der Waals surface area (Å²) in [6, 6.07) is 3.19. The quantitative estimate of drug-likeness (QED) is 0.683. The third-order valence-corrected chi connectivity index (χ3v) is 5.64. The van der Waals surface area contributed by atoms with Crippen molar-refractivity contribution < 1.29 is 13.9 Å². The fourth-order valence-electron chi connectivity index (χ4n) is 2.71. The number of imidazole rings is 1. The molecule has 0 saturated carbocycles. The van der Waals surface area contributed by atoms with Gasteiger partial charge in [-0.2, -0.15) is 5.10 Å². The van der Waals surface area contributed by atoms with Crippen molar-refractivity contribution in [3.63, 3.8) is 0 Å². The first kappa shape index (κ1) is 18.5. The van der Waals surface area contributed by atoms with Crippen molar-refractivity contribution in [1.29, 1.82) is 0 Å². The zero-order valence-electron chi connectivity index (χ0n) is 14.4. The summed E-state index contributed by atoms with van der Waals surface area (Å²) in [5.74, 6) is -0.114. The standard InChI is InChI=1S/C17H19F2N5OS/c1-12(26-8-16-21-5-6-23(16)2)17(25,9-24-11-20-10-22-24)14-4-3-13(18)7-15(14)19/h3-7,10-12,25H,8-9H2,1-2H3/t12-,17-/m1/s1. The van der Waals surface area contributed by atoms with E-state index >= 15 is 0 Å². The van der Waals surface area contributed by atoms with Crippen LogP contribution in [0.5, 0.6) is 0 Å². The maximum atomic E-state index is 14.4. The number of thioether (sulfide) groups is 1. The maximum absolute atomic E-state index is 14.4. The van der Waals surface area contributed by atoms with Crippen LogP contribution in [-0.4, -0.2) is 34.7 Å². The number of halogens is 2. The molecule has 1 aromatic carbocycles. The number of aryl methyl sites for hydroxylation is 1. The molecule has 0 saturated heterocycles. The molecule has 2 atom stereocenters. The first-order valence-corrected chi connectivity index (χ1v) is 9.03. The minimum atomic E-state index is -1.61. The van der Waals surface area contributed by atoms with Gasteiger partial charge in [0.25, 0.3) is 0 Å². The lowest BCUT2D eigenvalue weighted by Crippen LogP contribution is -2.41. The molecule has 0 radical (unpaired) electrons. The molecule has 138 valence electrons. The minimum Gasteiger partial charge on any atom is -0.382 e. The number of aliphatic hydroxyl groups is 1. The van der Waals surface area contributed by atoms with Crippen molar-refractivity contribution in [3.8, 4) is 0 Å². The van der Waals surface area contributed by atoms with Gasteiger partial charge in [0.15, 0.2) is 0 Å². The van der Waals surface area contributed by atoms with E-state index in [1.165, 1.54) is 35.2 Å². The molecule has 1 N–H and O–H groups in total. The van der Waals surface area contributed by atoms with Crippen LogP contribution in [0.3, 0.4) is 0 Å². The molecule has 0 amide bonds. The Morgan fingerprint density at radius 1 is 1.35 bits per heavy atom. The number of hydrogen-bond acceptors (Lipinski definition) is 5. The molecule has 0 bridgehead atoms. The normalized spacial score (nSPS) is 15.0. The Hall–Kier alpha value is -2.26. The fraction of sp³-hybridized carbons (Fsp3) is 0.353. The Labute approximate surface area is 153 Å². The van der Waals surface area contributed by atoms with Gasteiger partial charge in [0.1, 0.15) is 35.7 Å². The zero-order valence-corrected chi connectivity index (χ0v) is 15.2. The van der Waals surface area contributed by atoms with Crippen LogP contribution in [0.1, 0.15) is 18.3 Å². The molecule has 0 aliphatic heterocycles. The molecule has 6 nitrogen and oxygen atoms in total. The van der Waals surface area contributed by atoms with Gasteiger partial charge in [-0.25, -0.2) is 23.4 Å². The average molecular weight is 379 g/mol. The highest BCUT2D eigenvalue weighted by atomic mass is 32.2. The number of hydrogen-bond donors (Lipinski definition) is 1. The Morgan fingerprint density at radius 2 is 2.15 bits per heavy atom. The average Bonchev–Trinajstić information content (AvgIpc) is 3.24. The SMILES string of the molecule is C[C@@H](SCc1nccn1C)[C@](O)(Cn1cncn1)c1ccc(F)cc1F. The van der Waals surface area contributed by atoms with E-state index in [2.05, 4.69) is 15.1 Å². The van der Waals surface area contributed by atoms with Crippen molar-refractivity contribution in [2.24, 2.45) is 7.05 Å². The van der Waals surface area contributed by atoms with E-state index < -0.39 is 22.5 Å². The smallest absolute Gasteiger partial charge is 0.137 e. The summed E-state index contributed by atoms with van der Waals surface area (Å²) >= 11 is 1.43. The largest absolute Gasteiger partial charge is 0.382 e. The number of benzene rings is 1. The predicted molar refractivity (Wildman–Crippen MR) is 94.2 cm³/mol. The molecule has 9 heteroatoms. The molecule has 3 rings (SSSR count). The van der Waals surface area contributed by atoms with E-state index in [9.17, 15) is 13.9 Å². The fourth-order valence-corrected chi connectivity index (χ4v) is 3.86. The molecular formula is C17H19F2N5OS. The summed E-state index contributed by atoms with van der Waals surface area (Å²) in [5.41, 5.74) is -1.59. The molecule has 26 heavy (non-hydrogen) atoms. The van der Waals surface area contributed by atoms with E-state index in [1.54, 1.807) is 13.1 Å². The van der Waals surface area contributed by atoms with Gasteiger partial charge in [-0.3, -0.25) is 0 Å². The summed E-state index contributed by atoms with van der Waals surface area (Å²) in [4.78, 5) is 8.12. The molecule has 2 aromatic heterocycles. The summed E-state index contributed by atoms with van der Waals surface area (Å²) in [6.07, 6.45) is 6.32. The first-order valence-electron chi connectivity index (χ1n) is 7.98. The van der Waals surface area contributed by atoms with Crippen molar-refractivity contribution in [1.82, 2.24) is 24.3 Å². The van der Waals surface area contributed by atoms with Crippen LogP contribution in [0.15, 0.2) is 43.2 Å². The summed E-state index contributed by atoms with van der Waals surface area (Å²) in [5, 5.41) is 15.0. The van der Waals surface area contributed by atoms with Gasteiger partial charge < -0.3 is 9.67 Å². The van der Waals surface area contributed by atoms with E-state index in [0.717, 1.165) is 18.0 Å². The van der Waals surface area contributed by atoms with Gasteiger partial charge in [-0.1, -0.05) is 13.0 Å². The van der Waals surface area contributed by atoms with Crippen molar-refractivity contribution in [2.45, 2.75) is 30.1 Å². The Balaban J connectivity index is 1.90. The van der Waals surface area contributed by atoms with Crippen LogP contribution in [-0.2, 0) is 24.9 Å². The van der Waals surface area contributed by atoms with Gasteiger partial charge >= 0.3 is 0 Å². The second kappa shape index (κ2) is 7.55. The molecule has 0 fully saturated rings. The second-order valence-corrected chi connectivity index (χ2v) is 7.38. The Kier molecular flexibility index (Phi) is 5.38. The lowest BCUT2D eigenvalue weighted by molar-refractivity contribution is 0.0133. The van der Waals surface area contributed by atoms with Crippen molar-refractivity contribution in [3.05, 3.63) is 66.3 Å². The molecular weight excluding hydrogens is 360 g/mol. The molecule has 3 aromatic rings. The highest BCUT2D eigenvalue weighted by Gasteiger charge is 2.39. The van der Waals surface area contributed by atoms with Gasteiger partial charge in [0.2, 0.25) is 0 Å². The minimum absolute atomic E-state index is 0.00964. The maximum Gasteiger partial charge on any atom is 0.137 e. The number of aromatic nitrogens is 5. The summed E-state index contributed by atoms with van der Waals surface area (Å²) < 4.78 is 31.1. The summed E-state index contributed by atoms with van der Waals surface area (Å²) in [6.45, 7) is 1.79. The Morgan fingerprint density at radius 3 is 2.77 bits per heavy atom. The van der Waals surface area contributed by atoms with E-state index in [0.29, 0.717) is 5.75 Å². The van der Waals surface area contributed by atoms with Crippen LogP contribution in [0.25, 0.3) is 0 Å². The lowest BCUT2D eigenvalue weighted by Gasteiger charge is -2.34. The third-order valence-electron chi connectivity index (χ3n) is 4.32. The monoisotopic (exact) mass is 379 g/mol. The molecule has 0 aliphatic rings. The first-order chi connectivity index (χ1) is 12.4. The number of rotatable bonds is 7. The highest BCUT2D eigenvalue weighted by molar-refractivity contribution is 7.99. The van der Waals surface area contributed by atoms with E-state index in [4.69, 9.17) is 0 Å². The lowest BCUT2D eigenvalue weighted by atomic mass is 9.90. The van der Waals surface area contributed by atoms with Crippen molar-refractivity contribution in [2.75, 3.05) is 0 Å². The molecule has 0 unspecified atom stereocenters. The molecule has 0 aliphatic carbocycles. The van der Waals surface area contributed by atoms with Crippen LogP contribution in [0.4, 0.5) is 8.78 Å². The van der Waals surface area contributed by atoms with E-state index in [-0.39, 0.29) is 12.1 Å². The molecule has 2 heterocycles. The van der Waals surface area contributed by atoms with Crippen LogP contribution >= 0.6 is 11.8 Å². The number of nitrogens with zero attached hydrogens (tertiary/aromatic N) is 5. The van der Waals surface area contributed by atoms with Gasteiger partial charge in [-0.05, 0) is 6.07 Å². The Bertz CT molecular complexity index is 870. The van der Waals surface area contributed by atoms with Crippen molar-refractivity contribution >= 4 is 11.8 Å². The third kappa shape index (κ3) is 3.78. The van der Waals surface area contributed by atoms with Gasteiger partial charge in [-0.15, -0.1) is 11.8 Å². The van der Waals surface area contributed by atoms with Gasteiger partial charge in [0, 0.05) is 36.3 Å². The topological polar surface area (TPSA) is 68.8 Å². The summed E-state index contributed by atoms with van der Waals surface area (Å²) in [7, 11) is 1.88. The van der Waals surface area contributed by atoms with Crippen LogP contribution < -0.4 is 0 Å². The zero-order chi connectivity index (χ0) is 18.7. The highest BCUT2D eigenvalue weighted by Crippen LogP contribution is 2.37. The second-order valence-electron chi connectivity index (χ2n) is 6.05. The van der Waals surface area contributed by atoms with E-state index in [1.807, 2.05) is 17.8 Å². The van der Waals surface area contributed by atoms with Gasteiger partial charge in [0.05, 0.1) is 12.3 Å². The molecule has 0 spiro atoms. The van der Waals surface area contributed by atoms with Crippen LogP contribution in [0, 0.1) is 11.6 Å². The predicted octanol–water partition coefficient (Wildman–Crippen LogP) is 2.50.